The van der Waals surface area contributed by atoms with Crippen LogP contribution >= 0.6 is 0 Å². The first-order valence-corrected chi connectivity index (χ1v) is 8.98. The van der Waals surface area contributed by atoms with Crippen molar-refractivity contribution in [1.29, 1.82) is 0 Å². The van der Waals surface area contributed by atoms with E-state index in [2.05, 4.69) is 0 Å². The van der Waals surface area contributed by atoms with Gasteiger partial charge in [-0.1, -0.05) is 30.3 Å². The van der Waals surface area contributed by atoms with Crippen LogP contribution in [0.25, 0.3) is 0 Å². The van der Waals surface area contributed by atoms with Crippen LogP contribution in [0.1, 0.15) is 22.0 Å². The highest BCUT2D eigenvalue weighted by molar-refractivity contribution is 5.93. The predicted molar refractivity (Wildman–Crippen MR) is 102 cm³/mol. The summed E-state index contributed by atoms with van der Waals surface area (Å²) in [4.78, 5) is 27.5. The molecular weight excluding hydrogens is 362 g/mol. The van der Waals surface area contributed by atoms with Crippen LogP contribution in [-0.4, -0.2) is 57.3 Å². The molecule has 28 heavy (non-hydrogen) atoms. The minimum Gasteiger partial charge on any atom is -0.497 e. The number of amides is 1. The molecule has 7 nitrogen and oxygen atoms in total. The second kappa shape index (κ2) is 9.23. The first-order chi connectivity index (χ1) is 13.6. The number of carbonyl (C=O) groups excluding carboxylic acids is 2. The highest BCUT2D eigenvalue weighted by Crippen LogP contribution is 2.26. The monoisotopic (exact) mass is 385 g/mol. The summed E-state index contributed by atoms with van der Waals surface area (Å²) in [6.45, 7) is 1.86. The second-order valence-electron chi connectivity index (χ2n) is 6.24. The number of nitrogens with zero attached hydrogens (tertiary/aromatic N) is 1. The Kier molecular flexibility index (Phi) is 6.49. The van der Waals surface area contributed by atoms with Gasteiger partial charge in [0.25, 0.3) is 5.91 Å². The van der Waals surface area contributed by atoms with Crippen molar-refractivity contribution in [2.75, 3.05) is 40.5 Å². The number of hydrogen-bond acceptors (Lipinski definition) is 6. The Bertz CT molecular complexity index is 795. The molecule has 0 saturated carbocycles. The van der Waals surface area contributed by atoms with E-state index in [1.54, 1.807) is 47.4 Å². The summed E-state index contributed by atoms with van der Waals surface area (Å²) >= 11 is 0. The van der Waals surface area contributed by atoms with Crippen LogP contribution in [0.5, 0.6) is 11.5 Å². The second-order valence-corrected chi connectivity index (χ2v) is 6.24. The van der Waals surface area contributed by atoms with Crippen LogP contribution in [0, 0.1) is 0 Å². The SMILES string of the molecule is COc1cc(OC)cc(C(=O)O[C@@H](C(=O)N2CCOCC2)c2ccccc2)c1. The minimum atomic E-state index is -1.04. The van der Waals surface area contributed by atoms with Gasteiger partial charge in [0.1, 0.15) is 11.5 Å². The molecule has 0 unspecified atom stereocenters. The molecule has 3 rings (SSSR count). The summed E-state index contributed by atoms with van der Waals surface area (Å²) < 4.78 is 21.4. The van der Waals surface area contributed by atoms with Gasteiger partial charge in [-0.2, -0.15) is 0 Å². The molecule has 2 aromatic carbocycles. The molecule has 7 heteroatoms. The zero-order valence-electron chi connectivity index (χ0n) is 15.9. The van der Waals surface area contributed by atoms with Crippen molar-refractivity contribution in [2.45, 2.75) is 6.10 Å². The van der Waals surface area contributed by atoms with Crippen molar-refractivity contribution in [3.63, 3.8) is 0 Å². The Hall–Kier alpha value is -3.06. The largest absolute Gasteiger partial charge is 0.497 e. The first-order valence-electron chi connectivity index (χ1n) is 8.98. The van der Waals surface area contributed by atoms with Crippen LogP contribution in [-0.2, 0) is 14.3 Å². The van der Waals surface area contributed by atoms with Crippen LogP contribution in [0.4, 0.5) is 0 Å². The van der Waals surface area contributed by atoms with E-state index in [0.717, 1.165) is 0 Å². The van der Waals surface area contributed by atoms with E-state index in [4.69, 9.17) is 18.9 Å². The van der Waals surface area contributed by atoms with Crippen molar-refractivity contribution >= 4 is 11.9 Å². The van der Waals surface area contributed by atoms with E-state index >= 15 is 0 Å². The summed E-state index contributed by atoms with van der Waals surface area (Å²) in [7, 11) is 3.00. The van der Waals surface area contributed by atoms with Crippen molar-refractivity contribution < 1.29 is 28.5 Å². The molecule has 148 valence electrons. The molecule has 0 bridgehead atoms. The summed E-state index contributed by atoms with van der Waals surface area (Å²) in [6.07, 6.45) is -1.04. The lowest BCUT2D eigenvalue weighted by molar-refractivity contribution is -0.145. The molecule has 1 atom stereocenters. The predicted octanol–water partition coefficient (Wildman–Crippen LogP) is 2.46. The minimum absolute atomic E-state index is 0.243. The van der Waals surface area contributed by atoms with Gasteiger partial charge in [-0.3, -0.25) is 4.79 Å². The molecule has 2 aromatic rings. The zero-order valence-corrected chi connectivity index (χ0v) is 15.9. The number of benzene rings is 2. The zero-order chi connectivity index (χ0) is 19.9. The van der Waals surface area contributed by atoms with Crippen molar-refractivity contribution in [1.82, 2.24) is 4.90 Å². The summed E-state index contributed by atoms with van der Waals surface area (Å²) in [5.41, 5.74) is 0.856. The molecule has 1 aliphatic rings. The highest BCUT2D eigenvalue weighted by Gasteiger charge is 2.31. The van der Waals surface area contributed by atoms with Gasteiger partial charge in [0.05, 0.1) is 33.0 Å². The van der Waals surface area contributed by atoms with Crippen LogP contribution in [0.3, 0.4) is 0 Å². The van der Waals surface area contributed by atoms with E-state index in [0.29, 0.717) is 43.4 Å². The topological polar surface area (TPSA) is 74.3 Å². The van der Waals surface area contributed by atoms with E-state index in [9.17, 15) is 9.59 Å². The third-order valence-electron chi connectivity index (χ3n) is 4.46. The Morgan fingerprint density at radius 3 is 2.14 bits per heavy atom. The van der Waals surface area contributed by atoms with E-state index in [-0.39, 0.29) is 11.5 Å². The van der Waals surface area contributed by atoms with Gasteiger partial charge >= 0.3 is 5.97 Å². The molecule has 0 spiro atoms. The lowest BCUT2D eigenvalue weighted by Crippen LogP contribution is -2.44. The van der Waals surface area contributed by atoms with Crippen LogP contribution < -0.4 is 9.47 Å². The maximum absolute atomic E-state index is 13.1. The lowest BCUT2D eigenvalue weighted by Gasteiger charge is -2.30. The fourth-order valence-corrected chi connectivity index (χ4v) is 2.94. The van der Waals surface area contributed by atoms with E-state index in [1.165, 1.54) is 14.2 Å². The van der Waals surface area contributed by atoms with Gasteiger partial charge in [0.2, 0.25) is 6.10 Å². The fourth-order valence-electron chi connectivity index (χ4n) is 2.94. The van der Waals surface area contributed by atoms with Crippen molar-refractivity contribution in [2.24, 2.45) is 0 Å². The van der Waals surface area contributed by atoms with Crippen LogP contribution in [0.2, 0.25) is 0 Å². The molecule has 1 aliphatic heterocycles. The van der Waals surface area contributed by atoms with Gasteiger partial charge in [-0.25, -0.2) is 4.79 Å². The van der Waals surface area contributed by atoms with Gasteiger partial charge in [-0.05, 0) is 12.1 Å². The molecule has 1 saturated heterocycles. The Balaban J connectivity index is 1.87. The summed E-state index contributed by atoms with van der Waals surface area (Å²) in [5, 5.41) is 0. The Morgan fingerprint density at radius 2 is 1.57 bits per heavy atom. The normalized spacial score (nSPS) is 14.9. The number of rotatable bonds is 6. The summed E-state index contributed by atoms with van der Waals surface area (Å²) in [6, 6.07) is 13.7. The molecule has 1 fully saturated rings. The van der Waals surface area contributed by atoms with Crippen molar-refractivity contribution in [3.8, 4) is 11.5 Å². The number of ether oxygens (including phenoxy) is 4. The molecule has 0 aliphatic carbocycles. The van der Waals surface area contributed by atoms with Gasteiger partial charge in [0.15, 0.2) is 0 Å². The third-order valence-corrected chi connectivity index (χ3v) is 4.46. The molecule has 0 N–H and O–H groups in total. The van der Waals surface area contributed by atoms with E-state index < -0.39 is 12.1 Å². The van der Waals surface area contributed by atoms with Gasteiger partial charge in [0, 0.05) is 24.7 Å². The number of esters is 1. The van der Waals surface area contributed by atoms with Gasteiger partial charge in [-0.15, -0.1) is 0 Å². The molecule has 0 radical (unpaired) electrons. The lowest BCUT2D eigenvalue weighted by atomic mass is 10.1. The van der Waals surface area contributed by atoms with Crippen LogP contribution in [0.15, 0.2) is 48.5 Å². The first kappa shape index (κ1) is 19.7. The summed E-state index contributed by atoms with van der Waals surface area (Å²) in [5.74, 6) is 0.0227. The standard InChI is InChI=1S/C21H23NO6/c1-25-17-12-16(13-18(14-17)26-2)21(24)28-19(15-6-4-3-5-7-15)20(23)22-8-10-27-11-9-22/h3-7,12-14,19H,8-11H2,1-2H3/t19-/m1/s1. The average molecular weight is 385 g/mol. The molecule has 1 heterocycles. The number of hydrogen-bond donors (Lipinski definition) is 0. The maximum atomic E-state index is 13.1. The number of carbonyl (C=O) groups is 2. The highest BCUT2D eigenvalue weighted by atomic mass is 16.5. The molecule has 0 aromatic heterocycles. The van der Waals surface area contributed by atoms with E-state index in [1.807, 2.05) is 6.07 Å². The molecular formula is C21H23NO6. The fraction of sp³-hybridized carbons (Fsp3) is 0.333. The van der Waals surface area contributed by atoms with Crippen molar-refractivity contribution in [3.05, 3.63) is 59.7 Å². The number of morpholine rings is 1. The Labute approximate surface area is 163 Å². The van der Waals surface area contributed by atoms with Gasteiger partial charge < -0.3 is 23.8 Å². The maximum Gasteiger partial charge on any atom is 0.339 e. The smallest absolute Gasteiger partial charge is 0.339 e. The third kappa shape index (κ3) is 4.61. The Morgan fingerprint density at radius 1 is 0.964 bits per heavy atom. The molecule has 1 amide bonds. The average Bonchev–Trinajstić information content (AvgIpc) is 2.77. The quantitative estimate of drug-likeness (QED) is 0.711. The number of methoxy groups -OCH3 is 2.